The third-order valence-electron chi connectivity index (χ3n) is 4.93. The largest absolute Gasteiger partial charge is 0.303 e. The van der Waals surface area contributed by atoms with Gasteiger partial charge in [0.25, 0.3) is 5.69 Å². The Hall–Kier alpha value is -2.60. The molecule has 2 aromatic rings. The third-order valence-corrected chi connectivity index (χ3v) is 4.93. The fraction of sp³-hybridized carbons (Fsp3) is 0.350. The number of nitro groups is 1. The van der Waals surface area contributed by atoms with Crippen molar-refractivity contribution in [3.63, 3.8) is 0 Å². The van der Waals surface area contributed by atoms with Gasteiger partial charge >= 0.3 is 0 Å². The second-order valence-corrected chi connectivity index (χ2v) is 6.66. The molecule has 136 valence electrons. The SMILES string of the molecule is O=C(c1ccc(F)cc1)C1CCN(CCc2cccc([N+](=O)[O-])c2)CC1. The summed E-state index contributed by atoms with van der Waals surface area (Å²) in [7, 11) is 0. The van der Waals surface area contributed by atoms with Crippen molar-refractivity contribution < 1.29 is 14.1 Å². The lowest BCUT2D eigenvalue weighted by Crippen LogP contribution is -2.37. The number of benzene rings is 2. The summed E-state index contributed by atoms with van der Waals surface area (Å²) in [6.07, 6.45) is 2.31. The second kappa shape index (κ2) is 8.19. The first-order valence-electron chi connectivity index (χ1n) is 8.78. The van der Waals surface area contributed by atoms with Crippen molar-refractivity contribution >= 4 is 11.5 Å². The maximum Gasteiger partial charge on any atom is 0.269 e. The maximum atomic E-state index is 13.0. The molecule has 1 fully saturated rings. The zero-order valence-electron chi connectivity index (χ0n) is 14.4. The normalized spacial score (nSPS) is 15.7. The van der Waals surface area contributed by atoms with E-state index in [0.717, 1.165) is 44.5 Å². The molecule has 1 aliphatic heterocycles. The molecule has 0 saturated carbocycles. The first-order valence-corrected chi connectivity index (χ1v) is 8.78. The molecule has 3 rings (SSSR count). The number of rotatable bonds is 6. The number of likely N-dealkylation sites (tertiary alicyclic amines) is 1. The minimum Gasteiger partial charge on any atom is -0.303 e. The summed E-state index contributed by atoms with van der Waals surface area (Å²) in [5, 5.41) is 10.8. The third kappa shape index (κ3) is 4.52. The smallest absolute Gasteiger partial charge is 0.269 e. The molecule has 26 heavy (non-hydrogen) atoms. The molecule has 0 bridgehead atoms. The van der Waals surface area contributed by atoms with E-state index in [1.807, 2.05) is 6.07 Å². The summed E-state index contributed by atoms with van der Waals surface area (Å²) < 4.78 is 13.0. The van der Waals surface area contributed by atoms with Crippen molar-refractivity contribution in [1.29, 1.82) is 0 Å². The van der Waals surface area contributed by atoms with Gasteiger partial charge in [-0.2, -0.15) is 0 Å². The lowest BCUT2D eigenvalue weighted by atomic mass is 9.89. The molecule has 0 spiro atoms. The molecular formula is C20H21FN2O3. The van der Waals surface area contributed by atoms with Crippen molar-refractivity contribution in [2.45, 2.75) is 19.3 Å². The molecule has 0 unspecified atom stereocenters. The number of ketones is 1. The summed E-state index contributed by atoms with van der Waals surface area (Å²) in [5.74, 6) is -0.268. The highest BCUT2D eigenvalue weighted by Gasteiger charge is 2.25. The van der Waals surface area contributed by atoms with E-state index in [0.29, 0.717) is 5.56 Å². The van der Waals surface area contributed by atoms with Crippen molar-refractivity contribution in [2.75, 3.05) is 19.6 Å². The van der Waals surface area contributed by atoms with Crippen LogP contribution in [0, 0.1) is 21.8 Å². The predicted molar refractivity (Wildman–Crippen MR) is 96.7 cm³/mol. The zero-order chi connectivity index (χ0) is 18.5. The van der Waals surface area contributed by atoms with Gasteiger partial charge in [0.1, 0.15) is 5.82 Å². The fourth-order valence-electron chi connectivity index (χ4n) is 3.38. The second-order valence-electron chi connectivity index (χ2n) is 6.66. The number of non-ortho nitro benzene ring substituents is 1. The molecule has 0 radical (unpaired) electrons. The number of Topliss-reactive ketones (excluding diaryl/α,β-unsaturated/α-hetero) is 1. The van der Waals surface area contributed by atoms with Crippen LogP contribution in [0.1, 0.15) is 28.8 Å². The minimum absolute atomic E-state index is 0.0190. The van der Waals surface area contributed by atoms with Gasteiger partial charge < -0.3 is 4.90 Å². The minimum atomic E-state index is -0.379. The van der Waals surface area contributed by atoms with Crippen LogP contribution in [0.4, 0.5) is 10.1 Å². The quantitative estimate of drug-likeness (QED) is 0.448. The van der Waals surface area contributed by atoms with Crippen LogP contribution >= 0.6 is 0 Å². The lowest BCUT2D eigenvalue weighted by molar-refractivity contribution is -0.384. The Morgan fingerprint density at radius 2 is 1.85 bits per heavy atom. The maximum absolute atomic E-state index is 13.0. The fourth-order valence-corrected chi connectivity index (χ4v) is 3.38. The molecule has 2 aromatic carbocycles. The van der Waals surface area contributed by atoms with Gasteiger partial charge in [0.15, 0.2) is 5.78 Å². The number of carbonyl (C=O) groups is 1. The average Bonchev–Trinajstić information content (AvgIpc) is 2.67. The van der Waals surface area contributed by atoms with Crippen LogP contribution < -0.4 is 0 Å². The topological polar surface area (TPSA) is 63.5 Å². The number of hydrogen-bond acceptors (Lipinski definition) is 4. The summed E-state index contributed by atoms with van der Waals surface area (Å²) in [5.41, 5.74) is 1.64. The van der Waals surface area contributed by atoms with Gasteiger partial charge in [-0.05, 0) is 62.2 Å². The Kier molecular flexibility index (Phi) is 5.73. The average molecular weight is 356 g/mol. The standard InChI is InChI=1S/C20H21FN2O3/c21-18-6-4-16(5-7-18)20(24)17-9-12-22(13-10-17)11-8-15-2-1-3-19(14-15)23(25)26/h1-7,14,17H,8-13H2. The van der Waals surface area contributed by atoms with Crippen LogP contribution in [0.3, 0.4) is 0 Å². The monoisotopic (exact) mass is 356 g/mol. The molecule has 0 aliphatic carbocycles. The molecule has 1 saturated heterocycles. The van der Waals surface area contributed by atoms with Gasteiger partial charge in [-0.1, -0.05) is 12.1 Å². The lowest BCUT2D eigenvalue weighted by Gasteiger charge is -2.31. The van der Waals surface area contributed by atoms with Gasteiger partial charge in [-0.15, -0.1) is 0 Å². The highest BCUT2D eigenvalue weighted by atomic mass is 19.1. The summed E-state index contributed by atoms with van der Waals surface area (Å²) in [4.78, 5) is 25.2. The molecule has 0 aromatic heterocycles. The van der Waals surface area contributed by atoms with Gasteiger partial charge in [0.2, 0.25) is 0 Å². The highest BCUT2D eigenvalue weighted by Crippen LogP contribution is 2.22. The number of hydrogen-bond donors (Lipinski definition) is 0. The Bertz CT molecular complexity index is 784. The molecule has 5 nitrogen and oxygen atoms in total. The number of halogens is 1. The van der Waals surface area contributed by atoms with E-state index in [2.05, 4.69) is 4.90 Å². The Balaban J connectivity index is 1.49. The predicted octanol–water partition coefficient (Wildman–Crippen LogP) is 3.87. The molecule has 0 atom stereocenters. The number of nitro benzene ring substituents is 1. The van der Waals surface area contributed by atoms with Gasteiger partial charge in [0, 0.05) is 30.2 Å². The van der Waals surface area contributed by atoms with E-state index in [1.165, 1.54) is 18.2 Å². The summed E-state index contributed by atoms with van der Waals surface area (Å²) in [6.45, 7) is 2.47. The summed E-state index contributed by atoms with van der Waals surface area (Å²) >= 11 is 0. The number of piperidine rings is 1. The van der Waals surface area contributed by atoms with E-state index in [9.17, 15) is 19.3 Å². The van der Waals surface area contributed by atoms with Crippen LogP contribution in [0.25, 0.3) is 0 Å². The van der Waals surface area contributed by atoms with E-state index < -0.39 is 0 Å². The number of carbonyl (C=O) groups excluding carboxylic acids is 1. The van der Waals surface area contributed by atoms with Crippen LogP contribution in [0.15, 0.2) is 48.5 Å². The Morgan fingerprint density at radius 3 is 2.50 bits per heavy atom. The van der Waals surface area contributed by atoms with Crippen molar-refractivity contribution in [3.8, 4) is 0 Å². The van der Waals surface area contributed by atoms with Gasteiger partial charge in [0.05, 0.1) is 4.92 Å². The molecule has 0 N–H and O–H groups in total. The van der Waals surface area contributed by atoms with Crippen LogP contribution in [-0.4, -0.2) is 35.2 Å². The first-order chi connectivity index (χ1) is 12.5. The van der Waals surface area contributed by atoms with Crippen LogP contribution in [0.5, 0.6) is 0 Å². The van der Waals surface area contributed by atoms with Crippen LogP contribution in [0.2, 0.25) is 0 Å². The zero-order valence-corrected chi connectivity index (χ0v) is 14.4. The van der Waals surface area contributed by atoms with Crippen molar-refractivity contribution in [3.05, 3.63) is 75.6 Å². The first kappa shape index (κ1) is 18.2. The molecule has 1 heterocycles. The molecule has 1 aliphatic rings. The van der Waals surface area contributed by atoms with Crippen molar-refractivity contribution in [2.24, 2.45) is 5.92 Å². The molecule has 0 amide bonds. The van der Waals surface area contributed by atoms with E-state index in [1.54, 1.807) is 24.3 Å². The van der Waals surface area contributed by atoms with E-state index in [-0.39, 0.29) is 28.1 Å². The van der Waals surface area contributed by atoms with E-state index >= 15 is 0 Å². The van der Waals surface area contributed by atoms with Crippen molar-refractivity contribution in [1.82, 2.24) is 4.90 Å². The van der Waals surface area contributed by atoms with Crippen LogP contribution in [-0.2, 0) is 6.42 Å². The molecular weight excluding hydrogens is 335 g/mol. The van der Waals surface area contributed by atoms with Gasteiger partial charge in [-0.3, -0.25) is 14.9 Å². The Labute approximate surface area is 151 Å². The Morgan fingerprint density at radius 1 is 1.15 bits per heavy atom. The highest BCUT2D eigenvalue weighted by molar-refractivity contribution is 5.97. The summed E-state index contributed by atoms with van der Waals surface area (Å²) in [6, 6.07) is 12.5. The molecule has 6 heteroatoms. The van der Waals surface area contributed by atoms with E-state index in [4.69, 9.17) is 0 Å². The number of nitrogens with zero attached hydrogens (tertiary/aromatic N) is 2. The van der Waals surface area contributed by atoms with Gasteiger partial charge in [-0.25, -0.2) is 4.39 Å².